The van der Waals surface area contributed by atoms with Crippen molar-refractivity contribution in [1.29, 1.82) is 0 Å². The van der Waals surface area contributed by atoms with Gasteiger partial charge in [0.15, 0.2) is 0 Å². The van der Waals surface area contributed by atoms with E-state index in [2.05, 4.69) is 22.1 Å². The summed E-state index contributed by atoms with van der Waals surface area (Å²) in [6.45, 7) is 5.37. The minimum atomic E-state index is -0.436. The number of hydrogen-bond acceptors (Lipinski definition) is 6. The van der Waals surface area contributed by atoms with Crippen LogP contribution in [0.25, 0.3) is 0 Å². The normalized spacial score (nSPS) is 17.3. The molecule has 3 rings (SSSR count). The summed E-state index contributed by atoms with van der Waals surface area (Å²) in [6.07, 6.45) is 3.19. The first-order valence-corrected chi connectivity index (χ1v) is 13.4. The molecule has 0 atom stereocenters. The molecule has 8 nitrogen and oxygen atoms in total. The molecule has 1 aliphatic carbocycles. The molecule has 1 N–H and O–H groups in total. The largest absolute Gasteiger partial charge is 0.492 e. The maximum atomic E-state index is 13.4. The van der Waals surface area contributed by atoms with Crippen LogP contribution in [-0.4, -0.2) is 55.4 Å². The molecular weight excluding hydrogens is 529 g/mol. The van der Waals surface area contributed by atoms with E-state index in [1.54, 1.807) is 35.9 Å². The maximum absolute atomic E-state index is 13.4. The van der Waals surface area contributed by atoms with Crippen LogP contribution >= 0.6 is 23.2 Å². The van der Waals surface area contributed by atoms with Crippen LogP contribution < -0.4 is 10.1 Å². The van der Waals surface area contributed by atoms with E-state index in [1.165, 1.54) is 7.11 Å². The third kappa shape index (κ3) is 8.39. The molecule has 2 aromatic rings. The number of nitrogens with zero attached hydrogens (tertiary/aromatic N) is 2. The molecule has 0 saturated heterocycles. The summed E-state index contributed by atoms with van der Waals surface area (Å²) in [5.74, 6) is 6.59. The Morgan fingerprint density at radius 3 is 2.45 bits per heavy atom. The number of imidazole rings is 1. The van der Waals surface area contributed by atoms with Gasteiger partial charge in [0.25, 0.3) is 5.91 Å². The van der Waals surface area contributed by atoms with E-state index in [1.807, 2.05) is 13.8 Å². The Labute approximate surface area is 234 Å². The number of hydrogen-bond donors (Lipinski definition) is 1. The first kappa shape index (κ1) is 29.8. The van der Waals surface area contributed by atoms with E-state index in [0.717, 1.165) is 25.7 Å². The molecule has 0 unspecified atom stereocenters. The lowest BCUT2D eigenvalue weighted by Crippen LogP contribution is -2.34. The third-order valence-corrected chi connectivity index (χ3v) is 7.03. The zero-order chi connectivity index (χ0) is 27.7. The van der Waals surface area contributed by atoms with E-state index in [9.17, 15) is 9.59 Å². The van der Waals surface area contributed by atoms with Crippen LogP contribution in [0.15, 0.2) is 24.3 Å². The lowest BCUT2D eigenvalue weighted by atomic mass is 9.82. The summed E-state index contributed by atoms with van der Waals surface area (Å²) in [5.41, 5.74) is 0.158. The van der Waals surface area contributed by atoms with Gasteiger partial charge in [-0.2, -0.15) is 0 Å². The van der Waals surface area contributed by atoms with Crippen LogP contribution in [0, 0.1) is 29.1 Å². The predicted molar refractivity (Wildman–Crippen MR) is 147 cm³/mol. The topological polar surface area (TPSA) is 91.7 Å². The highest BCUT2D eigenvalue weighted by Crippen LogP contribution is 2.29. The van der Waals surface area contributed by atoms with Crippen molar-refractivity contribution in [2.75, 3.05) is 34.0 Å². The van der Waals surface area contributed by atoms with Gasteiger partial charge < -0.3 is 24.1 Å². The number of methoxy groups -OCH3 is 2. The summed E-state index contributed by atoms with van der Waals surface area (Å²) in [4.78, 5) is 29.6. The second kappa shape index (κ2) is 13.9. The monoisotopic (exact) mass is 563 g/mol. The van der Waals surface area contributed by atoms with E-state index >= 15 is 0 Å². The van der Waals surface area contributed by atoms with Gasteiger partial charge in [-0.15, -0.1) is 0 Å². The van der Waals surface area contributed by atoms with Crippen LogP contribution in [-0.2, 0) is 20.8 Å². The van der Waals surface area contributed by atoms with Crippen LogP contribution in [0.2, 0.25) is 10.3 Å². The van der Waals surface area contributed by atoms with Gasteiger partial charge in [0, 0.05) is 24.1 Å². The predicted octanol–water partition coefficient (Wildman–Crippen LogP) is 5.00. The lowest BCUT2D eigenvalue weighted by molar-refractivity contribution is -0.146. The molecule has 1 aromatic carbocycles. The zero-order valence-corrected chi connectivity index (χ0v) is 23.8. The highest BCUT2D eigenvalue weighted by atomic mass is 35.5. The van der Waals surface area contributed by atoms with Crippen molar-refractivity contribution in [3.05, 3.63) is 46.0 Å². The van der Waals surface area contributed by atoms with E-state index < -0.39 is 5.41 Å². The Hall–Kier alpha value is -2.73. The fourth-order valence-electron chi connectivity index (χ4n) is 4.45. The molecule has 0 radical (unpaired) electrons. The van der Waals surface area contributed by atoms with Gasteiger partial charge in [0.1, 0.15) is 23.7 Å². The number of aromatic nitrogens is 2. The van der Waals surface area contributed by atoms with Crippen LogP contribution in [0.1, 0.15) is 55.7 Å². The zero-order valence-electron chi connectivity index (χ0n) is 22.3. The minimum Gasteiger partial charge on any atom is -0.492 e. The second-order valence-corrected chi connectivity index (χ2v) is 10.8. The van der Waals surface area contributed by atoms with Gasteiger partial charge in [-0.25, -0.2) is 4.98 Å². The van der Waals surface area contributed by atoms with Gasteiger partial charge in [-0.3, -0.25) is 9.59 Å². The van der Waals surface area contributed by atoms with E-state index in [-0.39, 0.29) is 35.6 Å². The molecule has 0 spiro atoms. The van der Waals surface area contributed by atoms with Gasteiger partial charge >= 0.3 is 5.97 Å². The Morgan fingerprint density at radius 2 is 1.82 bits per heavy atom. The van der Waals surface area contributed by atoms with Crippen molar-refractivity contribution in [1.82, 2.24) is 14.9 Å². The van der Waals surface area contributed by atoms with Crippen LogP contribution in [0.3, 0.4) is 0 Å². The van der Waals surface area contributed by atoms with Gasteiger partial charge in [0.2, 0.25) is 5.28 Å². The van der Waals surface area contributed by atoms with Crippen molar-refractivity contribution < 1.29 is 23.8 Å². The number of carbonyl (C=O) groups is 2. The number of nitrogens with one attached hydrogen (secondary N) is 1. The number of esters is 1. The average Bonchev–Trinajstić information content (AvgIpc) is 3.22. The molecule has 1 heterocycles. The fourth-order valence-corrected chi connectivity index (χ4v) is 4.83. The highest BCUT2D eigenvalue weighted by molar-refractivity contribution is 6.30. The molecule has 1 fully saturated rings. The van der Waals surface area contributed by atoms with Gasteiger partial charge in [-0.1, -0.05) is 17.5 Å². The molecule has 206 valence electrons. The first-order chi connectivity index (χ1) is 18.1. The highest BCUT2D eigenvalue weighted by Gasteiger charge is 2.28. The van der Waals surface area contributed by atoms with Crippen molar-refractivity contribution >= 4 is 35.1 Å². The standard InChI is InChI=1S/C28H35Cl2N3O5/c1-28(2,18-36-3)14-13-23-24(25(34)31-17-19-5-7-20(8-6-19)26(35)37-4)33(27(30)32-23)15-16-38-22-11-9-21(29)10-12-22/h9-12,19-20H,5-8,15-18H2,1-4H3,(H,31,34)/t19-,20-. The Balaban J connectivity index is 1.74. The smallest absolute Gasteiger partial charge is 0.308 e. The molecule has 1 aliphatic rings. The lowest BCUT2D eigenvalue weighted by Gasteiger charge is -2.27. The summed E-state index contributed by atoms with van der Waals surface area (Å²) in [7, 11) is 3.04. The van der Waals surface area contributed by atoms with Crippen molar-refractivity contribution in [3.8, 4) is 17.6 Å². The number of halogens is 2. The Kier molecular flexibility index (Phi) is 10.9. The molecular formula is C28H35Cl2N3O5. The van der Waals surface area contributed by atoms with Crippen molar-refractivity contribution in [2.24, 2.45) is 17.3 Å². The summed E-state index contributed by atoms with van der Waals surface area (Å²) in [5, 5.41) is 3.81. The fraction of sp³-hybridized carbons (Fsp3) is 0.536. The van der Waals surface area contributed by atoms with Gasteiger partial charge in [0.05, 0.1) is 26.2 Å². The molecule has 0 aliphatic heterocycles. The quantitative estimate of drug-likeness (QED) is 0.323. The van der Waals surface area contributed by atoms with Crippen molar-refractivity contribution in [3.63, 3.8) is 0 Å². The van der Waals surface area contributed by atoms with Crippen LogP contribution in [0.5, 0.6) is 5.75 Å². The second-order valence-electron chi connectivity index (χ2n) is 10.0. The molecule has 1 saturated carbocycles. The number of benzene rings is 1. The molecule has 38 heavy (non-hydrogen) atoms. The van der Waals surface area contributed by atoms with Crippen molar-refractivity contribution in [2.45, 2.75) is 46.1 Å². The molecule has 0 bridgehead atoms. The Bertz CT molecular complexity index is 1160. The van der Waals surface area contributed by atoms with E-state index in [0.29, 0.717) is 41.9 Å². The average molecular weight is 565 g/mol. The Morgan fingerprint density at radius 1 is 1.13 bits per heavy atom. The number of amides is 1. The third-order valence-electron chi connectivity index (χ3n) is 6.49. The SMILES string of the molecule is COCC(C)(C)C#Cc1nc(Cl)n(CCOc2ccc(Cl)cc2)c1C(=O)NC[C@H]1CC[C@H](C(=O)OC)CC1. The first-order valence-electron chi connectivity index (χ1n) is 12.7. The summed E-state index contributed by atoms with van der Waals surface area (Å²) in [6, 6.07) is 7.03. The number of ether oxygens (including phenoxy) is 3. The van der Waals surface area contributed by atoms with Crippen LogP contribution in [0.4, 0.5) is 0 Å². The van der Waals surface area contributed by atoms with E-state index in [4.69, 9.17) is 37.4 Å². The molecule has 1 aromatic heterocycles. The number of rotatable bonds is 10. The van der Waals surface area contributed by atoms with Gasteiger partial charge in [-0.05, 0) is 87.2 Å². The maximum Gasteiger partial charge on any atom is 0.308 e. The number of carbonyl (C=O) groups excluding carboxylic acids is 2. The summed E-state index contributed by atoms with van der Waals surface area (Å²) < 4.78 is 17.6. The molecule has 10 heteroatoms. The molecule has 1 amide bonds. The summed E-state index contributed by atoms with van der Waals surface area (Å²) >= 11 is 12.4. The minimum absolute atomic E-state index is 0.0647.